The summed E-state index contributed by atoms with van der Waals surface area (Å²) in [5.74, 6) is 0.337. The smallest absolute Gasteiger partial charge is 0.408 e. The number of nitrogens with two attached hydrogens (primary N) is 2. The highest BCUT2D eigenvalue weighted by molar-refractivity contribution is 5.74. The lowest BCUT2D eigenvalue weighted by molar-refractivity contribution is -0.129. The summed E-state index contributed by atoms with van der Waals surface area (Å²) in [4.78, 5) is 26.0. The number of carbonyl (C=O) groups is 2. The predicted molar refractivity (Wildman–Crippen MR) is 75.5 cm³/mol. The molecule has 1 aliphatic heterocycles. The average molecular weight is 278 g/mol. The molecule has 4 N–H and O–H groups in total. The van der Waals surface area contributed by atoms with Crippen LogP contribution in [0.5, 0.6) is 5.75 Å². The number of nitrogen functional groups attached to an aromatic ring is 1. The molecule has 0 unspecified atom stereocenters. The minimum Gasteiger partial charge on any atom is -0.408 e. The second-order valence-electron chi connectivity index (χ2n) is 4.64. The molecule has 0 saturated carbocycles. The molecule has 1 aromatic rings. The van der Waals surface area contributed by atoms with Crippen molar-refractivity contribution in [3.8, 4) is 5.75 Å². The Kier molecular flexibility index (Phi) is 3.97. The highest BCUT2D eigenvalue weighted by Crippen LogP contribution is 2.28. The molecule has 1 saturated heterocycles. The van der Waals surface area contributed by atoms with Gasteiger partial charge < -0.3 is 26.0 Å². The van der Waals surface area contributed by atoms with E-state index in [1.165, 1.54) is 0 Å². The third kappa shape index (κ3) is 3.11. The summed E-state index contributed by atoms with van der Waals surface area (Å²) in [5.41, 5.74) is 12.0. The summed E-state index contributed by atoms with van der Waals surface area (Å²) < 4.78 is 4.86. The molecule has 0 aromatic heterocycles. The van der Waals surface area contributed by atoms with Crippen molar-refractivity contribution in [3.63, 3.8) is 0 Å². The number of rotatable bonds is 2. The maximum absolute atomic E-state index is 11.3. The Morgan fingerprint density at radius 1 is 1.20 bits per heavy atom. The molecule has 1 fully saturated rings. The zero-order valence-electron chi connectivity index (χ0n) is 11.3. The number of hydrogen-bond acceptors (Lipinski definition) is 5. The van der Waals surface area contributed by atoms with E-state index >= 15 is 0 Å². The molecule has 7 heteroatoms. The van der Waals surface area contributed by atoms with Gasteiger partial charge in [-0.15, -0.1) is 0 Å². The van der Waals surface area contributed by atoms with Crippen LogP contribution in [0.1, 0.15) is 6.92 Å². The van der Waals surface area contributed by atoms with Gasteiger partial charge in [0, 0.05) is 44.9 Å². The first-order chi connectivity index (χ1) is 9.47. The maximum atomic E-state index is 11.3. The van der Waals surface area contributed by atoms with Crippen LogP contribution in [-0.4, -0.2) is 43.1 Å². The third-order valence-corrected chi connectivity index (χ3v) is 3.30. The fraction of sp³-hybridized carbons (Fsp3) is 0.385. The van der Waals surface area contributed by atoms with Crippen molar-refractivity contribution in [2.24, 2.45) is 5.73 Å². The van der Waals surface area contributed by atoms with Crippen LogP contribution in [0.25, 0.3) is 0 Å². The monoisotopic (exact) mass is 278 g/mol. The van der Waals surface area contributed by atoms with E-state index in [0.717, 1.165) is 18.8 Å². The third-order valence-electron chi connectivity index (χ3n) is 3.30. The van der Waals surface area contributed by atoms with Gasteiger partial charge in [0.25, 0.3) is 0 Å². The molecule has 7 nitrogen and oxygen atoms in total. The van der Waals surface area contributed by atoms with Crippen molar-refractivity contribution < 1.29 is 14.3 Å². The van der Waals surface area contributed by atoms with Gasteiger partial charge in [-0.1, -0.05) is 0 Å². The first kappa shape index (κ1) is 14.0. The number of piperazine rings is 1. The number of benzene rings is 1. The van der Waals surface area contributed by atoms with E-state index in [-0.39, 0.29) is 11.7 Å². The van der Waals surface area contributed by atoms with Crippen LogP contribution >= 0.6 is 0 Å². The molecule has 0 atom stereocenters. The molecule has 0 bridgehead atoms. The van der Waals surface area contributed by atoms with Crippen molar-refractivity contribution in [3.05, 3.63) is 18.2 Å². The SMILES string of the molecule is CC(=O)N1CCN(c2ccc(N)c(OC(N)=O)c2)CC1. The Bertz CT molecular complexity index is 524. The second kappa shape index (κ2) is 5.68. The van der Waals surface area contributed by atoms with Crippen molar-refractivity contribution >= 4 is 23.4 Å². The quantitative estimate of drug-likeness (QED) is 0.762. The molecule has 0 aliphatic carbocycles. The van der Waals surface area contributed by atoms with E-state index < -0.39 is 6.09 Å². The number of amides is 2. The van der Waals surface area contributed by atoms with E-state index in [2.05, 4.69) is 4.90 Å². The fourth-order valence-corrected chi connectivity index (χ4v) is 2.20. The summed E-state index contributed by atoms with van der Waals surface area (Å²) in [6, 6.07) is 5.21. The summed E-state index contributed by atoms with van der Waals surface area (Å²) >= 11 is 0. The Labute approximate surface area is 117 Å². The van der Waals surface area contributed by atoms with Gasteiger partial charge in [-0.2, -0.15) is 0 Å². The number of primary amides is 1. The van der Waals surface area contributed by atoms with E-state index in [1.807, 2.05) is 6.07 Å². The number of ether oxygens (including phenoxy) is 1. The van der Waals surface area contributed by atoms with Crippen molar-refractivity contribution in [2.75, 3.05) is 36.8 Å². The van der Waals surface area contributed by atoms with E-state index in [1.54, 1.807) is 24.0 Å². The Morgan fingerprint density at radius 3 is 2.40 bits per heavy atom. The van der Waals surface area contributed by atoms with Crippen LogP contribution in [0.15, 0.2) is 18.2 Å². The summed E-state index contributed by atoms with van der Waals surface area (Å²) in [6.07, 6.45) is -0.893. The topological polar surface area (TPSA) is 102 Å². The summed E-state index contributed by atoms with van der Waals surface area (Å²) in [5, 5.41) is 0. The average Bonchev–Trinajstić information content (AvgIpc) is 2.41. The first-order valence-corrected chi connectivity index (χ1v) is 6.34. The Hall–Kier alpha value is -2.44. The standard InChI is InChI=1S/C13H18N4O3/c1-9(18)16-4-6-17(7-5-16)10-2-3-11(14)12(8-10)20-13(15)19/h2-3,8H,4-7,14H2,1H3,(H2,15,19). The predicted octanol–water partition coefficient (Wildman–Crippen LogP) is 0.395. The molecular weight excluding hydrogens is 260 g/mol. The van der Waals surface area contributed by atoms with Gasteiger partial charge in [0.15, 0.2) is 5.75 Å². The van der Waals surface area contributed by atoms with Crippen molar-refractivity contribution in [1.29, 1.82) is 0 Å². The van der Waals surface area contributed by atoms with Crippen LogP contribution in [0.3, 0.4) is 0 Å². The van der Waals surface area contributed by atoms with Gasteiger partial charge in [0.05, 0.1) is 5.69 Å². The van der Waals surface area contributed by atoms with Gasteiger partial charge >= 0.3 is 6.09 Å². The largest absolute Gasteiger partial charge is 0.410 e. The molecule has 108 valence electrons. The maximum Gasteiger partial charge on any atom is 0.410 e. The number of hydrogen-bond donors (Lipinski definition) is 2. The minimum atomic E-state index is -0.893. The van der Waals surface area contributed by atoms with Crippen LogP contribution in [-0.2, 0) is 4.79 Å². The van der Waals surface area contributed by atoms with Crippen molar-refractivity contribution in [1.82, 2.24) is 4.90 Å². The van der Waals surface area contributed by atoms with Crippen LogP contribution in [0, 0.1) is 0 Å². The first-order valence-electron chi connectivity index (χ1n) is 6.34. The molecule has 2 amide bonds. The van der Waals surface area contributed by atoms with Crippen LogP contribution < -0.4 is 21.1 Å². The molecule has 2 rings (SSSR count). The zero-order valence-corrected chi connectivity index (χ0v) is 11.3. The minimum absolute atomic E-state index is 0.0831. The zero-order chi connectivity index (χ0) is 14.7. The number of carbonyl (C=O) groups excluding carboxylic acids is 2. The second-order valence-corrected chi connectivity index (χ2v) is 4.64. The van der Waals surface area contributed by atoms with Crippen LogP contribution in [0.4, 0.5) is 16.2 Å². The lowest BCUT2D eigenvalue weighted by Gasteiger charge is -2.35. The van der Waals surface area contributed by atoms with Crippen molar-refractivity contribution in [2.45, 2.75) is 6.92 Å². The fourth-order valence-electron chi connectivity index (χ4n) is 2.20. The van der Waals surface area contributed by atoms with Gasteiger partial charge in [-0.05, 0) is 12.1 Å². The Morgan fingerprint density at radius 2 is 1.85 bits per heavy atom. The molecular formula is C13H18N4O3. The van der Waals surface area contributed by atoms with E-state index in [4.69, 9.17) is 16.2 Å². The Balaban J connectivity index is 2.10. The molecule has 1 heterocycles. The normalized spacial score (nSPS) is 15.1. The van der Waals surface area contributed by atoms with Gasteiger partial charge in [-0.3, -0.25) is 4.79 Å². The van der Waals surface area contributed by atoms with Gasteiger partial charge in [0.2, 0.25) is 5.91 Å². The molecule has 0 spiro atoms. The lowest BCUT2D eigenvalue weighted by Crippen LogP contribution is -2.48. The summed E-state index contributed by atoms with van der Waals surface area (Å²) in [6.45, 7) is 4.36. The van der Waals surface area contributed by atoms with Gasteiger partial charge in [-0.25, -0.2) is 4.79 Å². The highest BCUT2D eigenvalue weighted by Gasteiger charge is 2.19. The molecule has 1 aliphatic rings. The summed E-state index contributed by atoms with van der Waals surface area (Å²) in [7, 11) is 0. The van der Waals surface area contributed by atoms with E-state index in [9.17, 15) is 9.59 Å². The van der Waals surface area contributed by atoms with Crippen LogP contribution in [0.2, 0.25) is 0 Å². The van der Waals surface area contributed by atoms with Gasteiger partial charge in [0.1, 0.15) is 0 Å². The highest BCUT2D eigenvalue weighted by atomic mass is 16.5. The lowest BCUT2D eigenvalue weighted by atomic mass is 10.2. The molecule has 0 radical (unpaired) electrons. The number of anilines is 2. The molecule has 1 aromatic carbocycles. The molecule has 20 heavy (non-hydrogen) atoms. The number of nitrogens with zero attached hydrogens (tertiary/aromatic N) is 2. The van der Waals surface area contributed by atoms with E-state index in [0.29, 0.717) is 18.8 Å².